The molecule has 9 nitrogen and oxygen atoms in total. The SMILES string of the molecule is Cl.O=S(=O)(Cc1ccccc1)Nc1c(F)cc(Oc2ncccc2-c2ccnc(N[C@H]3CCCNC3)n2)cc1F. The van der Waals surface area contributed by atoms with E-state index in [1.54, 1.807) is 54.7 Å². The third kappa shape index (κ3) is 7.40. The Morgan fingerprint density at radius 3 is 2.50 bits per heavy atom. The van der Waals surface area contributed by atoms with Crippen LogP contribution < -0.4 is 20.1 Å². The van der Waals surface area contributed by atoms with Gasteiger partial charge >= 0.3 is 0 Å². The topological polar surface area (TPSA) is 118 Å². The Kier molecular flexibility index (Phi) is 9.46. The normalized spacial score (nSPS) is 15.1. The lowest BCUT2D eigenvalue weighted by Crippen LogP contribution is -2.38. The van der Waals surface area contributed by atoms with Gasteiger partial charge in [-0.25, -0.2) is 32.2 Å². The summed E-state index contributed by atoms with van der Waals surface area (Å²) in [5, 5.41) is 6.64. The molecule has 3 N–H and O–H groups in total. The summed E-state index contributed by atoms with van der Waals surface area (Å²) >= 11 is 0. The van der Waals surface area contributed by atoms with E-state index in [0.29, 0.717) is 22.8 Å². The van der Waals surface area contributed by atoms with Crippen molar-refractivity contribution in [2.24, 2.45) is 0 Å². The van der Waals surface area contributed by atoms with Crippen molar-refractivity contribution in [3.8, 4) is 22.9 Å². The Bertz CT molecular complexity index is 1530. The van der Waals surface area contributed by atoms with Crippen molar-refractivity contribution in [3.63, 3.8) is 0 Å². The largest absolute Gasteiger partial charge is 0.438 e. The molecule has 1 saturated heterocycles. The molecule has 2 aromatic carbocycles. The van der Waals surface area contributed by atoms with E-state index < -0.39 is 33.1 Å². The predicted octanol–water partition coefficient (Wildman–Crippen LogP) is 5.14. The highest BCUT2D eigenvalue weighted by Gasteiger charge is 2.21. The standard InChI is InChI=1S/C27H26F2N6O3S.ClH/c28-22-14-20(15-23(29)25(22)35-39(36,37)17-18-6-2-1-3-7-18)38-26-21(9-5-12-31-26)24-10-13-32-27(34-24)33-19-8-4-11-30-16-19;/h1-3,5-7,9-10,12-15,19,30,35H,4,8,11,16-17H2,(H,32,33,34);1H/t19-;/m0./s1. The lowest BCUT2D eigenvalue weighted by Gasteiger charge is -2.23. The average Bonchev–Trinajstić information content (AvgIpc) is 2.92. The van der Waals surface area contributed by atoms with Crippen LogP contribution in [-0.2, 0) is 15.8 Å². The summed E-state index contributed by atoms with van der Waals surface area (Å²) in [6, 6.07) is 15.4. The fourth-order valence-electron chi connectivity index (χ4n) is 4.21. The molecule has 1 aliphatic rings. The van der Waals surface area contributed by atoms with Crippen molar-refractivity contribution in [3.05, 3.63) is 90.3 Å². The van der Waals surface area contributed by atoms with Crippen molar-refractivity contribution in [1.29, 1.82) is 0 Å². The van der Waals surface area contributed by atoms with Crippen LogP contribution >= 0.6 is 12.4 Å². The van der Waals surface area contributed by atoms with Crippen LogP contribution in [0.25, 0.3) is 11.3 Å². The number of hydrogen-bond donors (Lipinski definition) is 3. The average molecular weight is 589 g/mol. The maximum absolute atomic E-state index is 14.9. The second kappa shape index (κ2) is 13.0. The quantitative estimate of drug-likeness (QED) is 0.246. The summed E-state index contributed by atoms with van der Waals surface area (Å²) in [5.74, 6) is -2.38. The molecule has 1 fully saturated rings. The van der Waals surface area contributed by atoms with Gasteiger partial charge in [0.1, 0.15) is 11.4 Å². The number of halogens is 3. The summed E-state index contributed by atoms with van der Waals surface area (Å²) in [6.07, 6.45) is 5.13. The maximum atomic E-state index is 14.9. The van der Waals surface area contributed by atoms with E-state index in [9.17, 15) is 17.2 Å². The third-order valence-electron chi connectivity index (χ3n) is 6.02. The molecule has 5 rings (SSSR count). The van der Waals surface area contributed by atoms with Crippen molar-refractivity contribution in [2.75, 3.05) is 23.1 Å². The molecule has 0 amide bonds. The molecule has 1 atom stereocenters. The molecule has 1 aliphatic heterocycles. The molecule has 0 spiro atoms. The van der Waals surface area contributed by atoms with Crippen molar-refractivity contribution >= 4 is 34.1 Å². The first kappa shape index (κ1) is 29.1. The summed E-state index contributed by atoms with van der Waals surface area (Å²) in [5.41, 5.74) is 0.680. The number of nitrogens with zero attached hydrogens (tertiary/aromatic N) is 3. The number of anilines is 2. The number of benzene rings is 2. The molecule has 40 heavy (non-hydrogen) atoms. The van der Waals surface area contributed by atoms with E-state index in [1.165, 1.54) is 6.20 Å². The molecule has 4 aromatic rings. The fourth-order valence-corrected chi connectivity index (χ4v) is 5.42. The van der Waals surface area contributed by atoms with Crippen molar-refractivity contribution < 1.29 is 21.9 Å². The van der Waals surface area contributed by atoms with E-state index in [0.717, 1.165) is 38.1 Å². The van der Waals surface area contributed by atoms with Gasteiger partial charge in [0, 0.05) is 37.1 Å². The highest BCUT2D eigenvalue weighted by molar-refractivity contribution is 7.91. The first-order valence-electron chi connectivity index (χ1n) is 12.3. The second-order valence-corrected chi connectivity index (χ2v) is 10.7. The van der Waals surface area contributed by atoms with Gasteiger partial charge in [0.25, 0.3) is 0 Å². The summed E-state index contributed by atoms with van der Waals surface area (Å²) in [6.45, 7) is 1.79. The molecule has 210 valence electrons. The van der Waals surface area contributed by atoms with E-state index in [2.05, 4.69) is 25.6 Å². The Hall–Kier alpha value is -3.87. The summed E-state index contributed by atoms with van der Waals surface area (Å²) in [7, 11) is -4.07. The second-order valence-electron chi connectivity index (χ2n) is 9.02. The molecule has 0 unspecified atom stereocenters. The Balaban J connectivity index is 0.00000370. The lowest BCUT2D eigenvalue weighted by atomic mass is 10.1. The van der Waals surface area contributed by atoms with Crippen LogP contribution in [0.1, 0.15) is 18.4 Å². The van der Waals surface area contributed by atoms with Gasteiger partial charge in [-0.2, -0.15) is 0 Å². The smallest absolute Gasteiger partial charge is 0.237 e. The van der Waals surface area contributed by atoms with Crippen LogP contribution in [0, 0.1) is 11.6 Å². The highest BCUT2D eigenvalue weighted by atomic mass is 35.5. The molecule has 13 heteroatoms. The van der Waals surface area contributed by atoms with Gasteiger partial charge in [0.05, 0.1) is 17.0 Å². The minimum absolute atomic E-state index is 0. The Labute approximate surface area is 236 Å². The number of hydrogen-bond acceptors (Lipinski definition) is 8. The van der Waals surface area contributed by atoms with Crippen LogP contribution in [0.4, 0.5) is 20.4 Å². The Morgan fingerprint density at radius 2 is 1.77 bits per heavy atom. The molecule has 0 bridgehead atoms. The zero-order valence-corrected chi connectivity index (χ0v) is 22.8. The van der Waals surface area contributed by atoms with Gasteiger partial charge < -0.3 is 15.4 Å². The fraction of sp³-hybridized carbons (Fsp3) is 0.222. The molecular weight excluding hydrogens is 562 g/mol. The van der Waals surface area contributed by atoms with E-state index in [4.69, 9.17) is 4.74 Å². The van der Waals surface area contributed by atoms with Gasteiger partial charge in [0.2, 0.25) is 21.9 Å². The first-order chi connectivity index (χ1) is 18.9. The van der Waals surface area contributed by atoms with E-state index >= 15 is 0 Å². The maximum Gasteiger partial charge on any atom is 0.237 e. The minimum atomic E-state index is -4.07. The number of ether oxygens (including phenoxy) is 1. The summed E-state index contributed by atoms with van der Waals surface area (Å²) < 4.78 is 62.5. The van der Waals surface area contributed by atoms with Crippen LogP contribution in [-0.4, -0.2) is 42.5 Å². The van der Waals surface area contributed by atoms with Gasteiger partial charge in [0.15, 0.2) is 11.6 Å². The van der Waals surface area contributed by atoms with Gasteiger partial charge in [-0.3, -0.25) is 4.72 Å². The number of aromatic nitrogens is 3. The predicted molar refractivity (Wildman–Crippen MR) is 151 cm³/mol. The van der Waals surface area contributed by atoms with Crippen LogP contribution in [0.5, 0.6) is 11.6 Å². The molecule has 3 heterocycles. The van der Waals surface area contributed by atoms with Crippen molar-refractivity contribution in [2.45, 2.75) is 24.6 Å². The number of pyridine rings is 1. The van der Waals surface area contributed by atoms with Gasteiger partial charge in [-0.15, -0.1) is 12.4 Å². The van der Waals surface area contributed by atoms with Crippen LogP contribution in [0.3, 0.4) is 0 Å². The van der Waals surface area contributed by atoms with Crippen molar-refractivity contribution in [1.82, 2.24) is 20.3 Å². The number of nitrogens with one attached hydrogen (secondary N) is 3. The zero-order chi connectivity index (χ0) is 27.2. The molecular formula is C27H27ClF2N6O3S. The van der Waals surface area contributed by atoms with Crippen LogP contribution in [0.2, 0.25) is 0 Å². The minimum Gasteiger partial charge on any atom is -0.438 e. The monoisotopic (exact) mass is 588 g/mol. The molecule has 0 aliphatic carbocycles. The number of rotatable bonds is 9. The molecule has 0 saturated carbocycles. The Morgan fingerprint density at radius 1 is 1.00 bits per heavy atom. The van der Waals surface area contributed by atoms with Gasteiger partial charge in [-0.1, -0.05) is 30.3 Å². The third-order valence-corrected chi connectivity index (χ3v) is 7.25. The first-order valence-corrected chi connectivity index (χ1v) is 14.0. The van der Waals surface area contributed by atoms with E-state index in [1.807, 2.05) is 4.72 Å². The number of sulfonamides is 1. The van der Waals surface area contributed by atoms with Gasteiger partial charge in [-0.05, 0) is 43.1 Å². The highest BCUT2D eigenvalue weighted by Crippen LogP contribution is 2.33. The van der Waals surface area contributed by atoms with Crippen LogP contribution in [0.15, 0.2) is 73.1 Å². The molecule has 0 radical (unpaired) electrons. The number of piperidine rings is 1. The lowest BCUT2D eigenvalue weighted by molar-refractivity contribution is 0.454. The molecule has 2 aromatic heterocycles. The zero-order valence-electron chi connectivity index (χ0n) is 21.2. The summed E-state index contributed by atoms with van der Waals surface area (Å²) in [4.78, 5) is 13.1. The van der Waals surface area contributed by atoms with E-state index in [-0.39, 0.29) is 30.1 Å².